The first-order valence-electron chi connectivity index (χ1n) is 5.59. The van der Waals surface area contributed by atoms with Gasteiger partial charge in [0, 0.05) is 13.0 Å². The lowest BCUT2D eigenvalue weighted by Gasteiger charge is -2.25. The summed E-state index contributed by atoms with van der Waals surface area (Å²) in [5.41, 5.74) is 0.666. The van der Waals surface area contributed by atoms with E-state index in [0.29, 0.717) is 24.4 Å². The van der Waals surface area contributed by atoms with Crippen molar-refractivity contribution in [1.29, 1.82) is 0 Å². The third-order valence-corrected chi connectivity index (χ3v) is 2.57. The number of benzene rings is 1. The van der Waals surface area contributed by atoms with Crippen LogP contribution < -0.4 is 15.4 Å². The standard InChI is InChI=1S/C12H14N2O4/c1-17-12(16)13-7-6-10-11(15)14-8-4-2-3-5-9(8)18-10/h2-5,10H,6-7H2,1H3,(H,13,16)(H,14,15). The minimum atomic E-state index is -0.600. The number of rotatable bonds is 3. The van der Waals surface area contributed by atoms with Gasteiger partial charge in [-0.15, -0.1) is 0 Å². The fraction of sp³-hybridized carbons (Fsp3) is 0.333. The molecule has 0 spiro atoms. The van der Waals surface area contributed by atoms with Crippen molar-refractivity contribution in [3.05, 3.63) is 24.3 Å². The van der Waals surface area contributed by atoms with Gasteiger partial charge in [0.15, 0.2) is 6.10 Å². The summed E-state index contributed by atoms with van der Waals surface area (Å²) in [6, 6.07) is 7.22. The quantitative estimate of drug-likeness (QED) is 0.843. The highest BCUT2D eigenvalue weighted by Gasteiger charge is 2.26. The van der Waals surface area contributed by atoms with Crippen molar-refractivity contribution in [3.63, 3.8) is 0 Å². The molecule has 0 aliphatic carbocycles. The molecule has 96 valence electrons. The summed E-state index contributed by atoms with van der Waals surface area (Å²) in [5.74, 6) is 0.431. The van der Waals surface area contributed by atoms with Crippen LogP contribution in [0.1, 0.15) is 6.42 Å². The highest BCUT2D eigenvalue weighted by Crippen LogP contribution is 2.29. The number of methoxy groups -OCH3 is 1. The monoisotopic (exact) mass is 250 g/mol. The predicted molar refractivity (Wildman–Crippen MR) is 64.5 cm³/mol. The Morgan fingerprint density at radius 3 is 3.06 bits per heavy atom. The van der Waals surface area contributed by atoms with E-state index >= 15 is 0 Å². The van der Waals surface area contributed by atoms with Crippen LogP contribution in [0.15, 0.2) is 24.3 Å². The van der Waals surface area contributed by atoms with Crippen LogP contribution in [0.4, 0.5) is 10.5 Å². The third kappa shape index (κ3) is 2.71. The number of nitrogens with one attached hydrogen (secondary N) is 2. The second-order valence-electron chi connectivity index (χ2n) is 3.80. The van der Waals surface area contributed by atoms with Gasteiger partial charge in [-0.3, -0.25) is 4.79 Å². The van der Waals surface area contributed by atoms with Gasteiger partial charge >= 0.3 is 6.09 Å². The molecular weight excluding hydrogens is 236 g/mol. The first-order chi connectivity index (χ1) is 8.70. The van der Waals surface area contributed by atoms with E-state index in [2.05, 4.69) is 15.4 Å². The van der Waals surface area contributed by atoms with Crippen LogP contribution in [0.2, 0.25) is 0 Å². The number of anilines is 1. The minimum absolute atomic E-state index is 0.208. The van der Waals surface area contributed by atoms with Crippen LogP contribution in [-0.4, -0.2) is 31.8 Å². The van der Waals surface area contributed by atoms with Crippen molar-refractivity contribution >= 4 is 17.7 Å². The first kappa shape index (κ1) is 12.2. The molecule has 1 aromatic carbocycles. The summed E-state index contributed by atoms with van der Waals surface area (Å²) in [6.07, 6.45) is -0.737. The third-order valence-electron chi connectivity index (χ3n) is 2.57. The van der Waals surface area contributed by atoms with Gasteiger partial charge in [-0.1, -0.05) is 12.1 Å². The van der Waals surface area contributed by atoms with Crippen molar-refractivity contribution in [2.45, 2.75) is 12.5 Å². The normalized spacial score (nSPS) is 17.2. The van der Waals surface area contributed by atoms with Crippen LogP contribution in [0.3, 0.4) is 0 Å². The molecule has 1 heterocycles. The molecule has 2 amide bonds. The van der Waals surface area contributed by atoms with E-state index in [1.807, 2.05) is 12.1 Å². The Bertz CT molecular complexity index is 461. The highest BCUT2D eigenvalue weighted by molar-refractivity contribution is 5.97. The van der Waals surface area contributed by atoms with Crippen molar-refractivity contribution in [2.24, 2.45) is 0 Å². The van der Waals surface area contributed by atoms with E-state index < -0.39 is 12.2 Å². The molecule has 18 heavy (non-hydrogen) atoms. The van der Waals surface area contributed by atoms with E-state index in [1.165, 1.54) is 7.11 Å². The van der Waals surface area contributed by atoms with E-state index in [4.69, 9.17) is 4.74 Å². The maximum absolute atomic E-state index is 11.7. The molecule has 6 heteroatoms. The zero-order chi connectivity index (χ0) is 13.0. The highest BCUT2D eigenvalue weighted by atomic mass is 16.5. The maximum atomic E-state index is 11.7. The molecule has 1 aromatic rings. The summed E-state index contributed by atoms with van der Waals surface area (Å²) < 4.78 is 9.99. The Morgan fingerprint density at radius 2 is 2.28 bits per heavy atom. The predicted octanol–water partition coefficient (Wildman–Crippen LogP) is 1.13. The zero-order valence-electron chi connectivity index (χ0n) is 9.93. The number of alkyl carbamates (subject to hydrolysis) is 1. The summed E-state index contributed by atoms with van der Waals surface area (Å²) in [5, 5.41) is 5.26. The molecule has 0 saturated carbocycles. The molecule has 1 unspecified atom stereocenters. The lowest BCUT2D eigenvalue weighted by molar-refractivity contribution is -0.123. The van der Waals surface area contributed by atoms with Gasteiger partial charge in [0.25, 0.3) is 5.91 Å². The van der Waals surface area contributed by atoms with Crippen molar-refractivity contribution in [2.75, 3.05) is 19.0 Å². The maximum Gasteiger partial charge on any atom is 0.406 e. The molecule has 2 N–H and O–H groups in total. The van der Waals surface area contributed by atoms with Gasteiger partial charge in [-0.25, -0.2) is 4.79 Å². The van der Waals surface area contributed by atoms with Crippen molar-refractivity contribution in [3.8, 4) is 5.75 Å². The first-order valence-corrected chi connectivity index (χ1v) is 5.59. The second kappa shape index (κ2) is 5.39. The van der Waals surface area contributed by atoms with Gasteiger partial charge < -0.3 is 20.1 Å². The zero-order valence-corrected chi connectivity index (χ0v) is 9.93. The Labute approximate surface area is 104 Å². The Balaban J connectivity index is 1.91. The van der Waals surface area contributed by atoms with E-state index in [-0.39, 0.29) is 5.91 Å². The van der Waals surface area contributed by atoms with E-state index in [1.54, 1.807) is 12.1 Å². The van der Waals surface area contributed by atoms with Crippen LogP contribution in [-0.2, 0) is 9.53 Å². The molecule has 2 rings (SSSR count). The molecule has 0 fully saturated rings. The molecule has 1 aliphatic rings. The molecular formula is C12H14N2O4. The fourth-order valence-electron chi connectivity index (χ4n) is 1.66. The average molecular weight is 250 g/mol. The molecule has 1 atom stereocenters. The Kier molecular flexibility index (Phi) is 3.66. The molecule has 0 saturated heterocycles. The van der Waals surface area contributed by atoms with E-state index in [0.717, 1.165) is 0 Å². The van der Waals surface area contributed by atoms with Crippen LogP contribution in [0.5, 0.6) is 5.75 Å². The van der Waals surface area contributed by atoms with Gasteiger partial charge in [-0.05, 0) is 12.1 Å². The second-order valence-corrected chi connectivity index (χ2v) is 3.80. The van der Waals surface area contributed by atoms with Crippen molar-refractivity contribution < 1.29 is 19.1 Å². The number of carbonyl (C=O) groups is 2. The fourth-order valence-corrected chi connectivity index (χ4v) is 1.66. The van der Waals surface area contributed by atoms with Crippen LogP contribution >= 0.6 is 0 Å². The molecule has 0 aromatic heterocycles. The largest absolute Gasteiger partial charge is 0.478 e. The lowest BCUT2D eigenvalue weighted by atomic mass is 10.1. The summed E-state index contributed by atoms with van der Waals surface area (Å²) in [6.45, 7) is 0.312. The van der Waals surface area contributed by atoms with Crippen molar-refractivity contribution in [1.82, 2.24) is 5.32 Å². The average Bonchev–Trinajstić information content (AvgIpc) is 2.39. The Hall–Kier alpha value is -2.24. The number of carbonyl (C=O) groups excluding carboxylic acids is 2. The number of hydrogen-bond acceptors (Lipinski definition) is 4. The molecule has 6 nitrogen and oxygen atoms in total. The number of hydrogen-bond donors (Lipinski definition) is 2. The lowest BCUT2D eigenvalue weighted by Crippen LogP contribution is -2.39. The van der Waals surface area contributed by atoms with Crippen LogP contribution in [0.25, 0.3) is 0 Å². The summed E-state index contributed by atoms with van der Waals surface area (Å²) >= 11 is 0. The number of para-hydroxylation sites is 2. The molecule has 0 radical (unpaired) electrons. The summed E-state index contributed by atoms with van der Waals surface area (Å²) in [4.78, 5) is 22.6. The Morgan fingerprint density at radius 1 is 1.50 bits per heavy atom. The smallest absolute Gasteiger partial charge is 0.406 e. The molecule has 1 aliphatic heterocycles. The van der Waals surface area contributed by atoms with Gasteiger partial charge in [-0.2, -0.15) is 0 Å². The van der Waals surface area contributed by atoms with Gasteiger partial charge in [0.1, 0.15) is 5.75 Å². The van der Waals surface area contributed by atoms with Crippen LogP contribution in [0, 0.1) is 0 Å². The summed E-state index contributed by atoms with van der Waals surface area (Å²) in [7, 11) is 1.29. The minimum Gasteiger partial charge on any atom is -0.478 e. The van der Waals surface area contributed by atoms with Gasteiger partial charge in [0.2, 0.25) is 0 Å². The molecule has 0 bridgehead atoms. The number of ether oxygens (including phenoxy) is 2. The SMILES string of the molecule is COC(=O)NCCC1Oc2ccccc2NC1=O. The van der Waals surface area contributed by atoms with E-state index in [9.17, 15) is 9.59 Å². The number of amides is 2. The number of fused-ring (bicyclic) bond motifs is 1. The topological polar surface area (TPSA) is 76.7 Å². The van der Waals surface area contributed by atoms with Gasteiger partial charge in [0.05, 0.1) is 12.8 Å².